The number of esters is 1. The van der Waals surface area contributed by atoms with Gasteiger partial charge in [-0.1, -0.05) is 49.7 Å². The number of unbranched alkanes of at least 4 members (excludes halogenated alkanes) is 1. The normalized spacial score (nSPS) is 10.8. The number of hydrazone groups is 1. The van der Waals surface area contributed by atoms with E-state index in [0.717, 1.165) is 23.6 Å². The number of rotatable bonds is 12. The minimum absolute atomic E-state index is 0.234. The third-order valence-corrected chi connectivity index (χ3v) is 6.09. The van der Waals surface area contributed by atoms with Gasteiger partial charge in [-0.05, 0) is 71.3 Å². The van der Waals surface area contributed by atoms with Crippen LogP contribution >= 0.6 is 0 Å². The molecule has 0 aliphatic carbocycles. The fraction of sp³-hybridized carbons (Fsp3) is 0.188. The van der Waals surface area contributed by atoms with E-state index in [1.807, 2.05) is 30.3 Å². The molecule has 4 aromatic carbocycles. The number of amides is 2. The van der Waals surface area contributed by atoms with Crippen molar-refractivity contribution in [1.29, 1.82) is 0 Å². The van der Waals surface area contributed by atoms with Gasteiger partial charge in [-0.3, -0.25) is 9.59 Å². The summed E-state index contributed by atoms with van der Waals surface area (Å²) in [5.74, 6) is -0.145. The van der Waals surface area contributed by atoms with Crippen molar-refractivity contribution >= 4 is 34.8 Å². The second kappa shape index (κ2) is 14.3. The number of ether oxygens (including phenoxy) is 3. The van der Waals surface area contributed by atoms with Gasteiger partial charge in [-0.25, -0.2) is 10.2 Å². The highest BCUT2D eigenvalue weighted by Crippen LogP contribution is 2.28. The molecule has 0 aromatic heterocycles. The van der Waals surface area contributed by atoms with Crippen LogP contribution in [-0.2, 0) is 4.79 Å². The van der Waals surface area contributed by atoms with Crippen LogP contribution in [0.5, 0.6) is 17.2 Å². The second-order valence-electron chi connectivity index (χ2n) is 9.03. The Morgan fingerprint density at radius 1 is 0.902 bits per heavy atom. The monoisotopic (exact) mass is 553 g/mol. The van der Waals surface area contributed by atoms with Gasteiger partial charge in [0.05, 0.1) is 32.0 Å². The summed E-state index contributed by atoms with van der Waals surface area (Å²) in [6.07, 6.45) is 3.41. The zero-order chi connectivity index (χ0) is 29.0. The topological polar surface area (TPSA) is 115 Å². The molecule has 0 saturated carbocycles. The van der Waals surface area contributed by atoms with E-state index >= 15 is 0 Å². The minimum atomic E-state index is -0.539. The molecular formula is C32H31N3O6. The second-order valence-corrected chi connectivity index (χ2v) is 9.03. The Balaban J connectivity index is 1.29. The van der Waals surface area contributed by atoms with E-state index in [0.29, 0.717) is 34.8 Å². The summed E-state index contributed by atoms with van der Waals surface area (Å²) < 4.78 is 16.5. The van der Waals surface area contributed by atoms with Gasteiger partial charge in [-0.2, -0.15) is 5.10 Å². The molecule has 0 saturated heterocycles. The number of carbonyl (C=O) groups is 3. The summed E-state index contributed by atoms with van der Waals surface area (Å²) in [4.78, 5) is 37.5. The Hall–Kier alpha value is -5.18. The van der Waals surface area contributed by atoms with E-state index in [-0.39, 0.29) is 18.2 Å². The van der Waals surface area contributed by atoms with Crippen LogP contribution in [0.25, 0.3) is 10.8 Å². The Morgan fingerprint density at radius 3 is 2.46 bits per heavy atom. The molecule has 2 amide bonds. The first-order valence-corrected chi connectivity index (χ1v) is 13.2. The average Bonchev–Trinajstić information content (AvgIpc) is 3.00. The van der Waals surface area contributed by atoms with Gasteiger partial charge in [0.25, 0.3) is 11.8 Å². The Labute approximate surface area is 238 Å². The maximum Gasteiger partial charge on any atom is 0.343 e. The Morgan fingerprint density at radius 2 is 1.68 bits per heavy atom. The molecule has 41 heavy (non-hydrogen) atoms. The van der Waals surface area contributed by atoms with Crippen molar-refractivity contribution in [3.8, 4) is 17.2 Å². The van der Waals surface area contributed by atoms with Crippen molar-refractivity contribution in [1.82, 2.24) is 10.7 Å². The zero-order valence-corrected chi connectivity index (χ0v) is 22.9. The Kier molecular flexibility index (Phi) is 10.0. The maximum absolute atomic E-state index is 12.6. The fourth-order valence-electron chi connectivity index (χ4n) is 3.93. The molecule has 0 heterocycles. The third kappa shape index (κ3) is 7.92. The number of nitrogens with zero attached hydrogens (tertiary/aromatic N) is 1. The molecule has 4 aromatic rings. The van der Waals surface area contributed by atoms with E-state index in [4.69, 9.17) is 14.2 Å². The number of methoxy groups -OCH3 is 1. The van der Waals surface area contributed by atoms with Gasteiger partial charge in [-0.15, -0.1) is 0 Å². The van der Waals surface area contributed by atoms with Gasteiger partial charge >= 0.3 is 5.97 Å². The molecule has 0 aliphatic heterocycles. The summed E-state index contributed by atoms with van der Waals surface area (Å²) in [6, 6.07) is 24.6. The molecule has 0 unspecified atom stereocenters. The molecule has 0 radical (unpaired) electrons. The van der Waals surface area contributed by atoms with Crippen LogP contribution in [0.1, 0.15) is 46.0 Å². The fourth-order valence-corrected chi connectivity index (χ4v) is 3.93. The van der Waals surface area contributed by atoms with Crippen molar-refractivity contribution in [3.63, 3.8) is 0 Å². The van der Waals surface area contributed by atoms with Gasteiger partial charge in [0.1, 0.15) is 5.75 Å². The van der Waals surface area contributed by atoms with E-state index < -0.39 is 11.9 Å². The molecule has 4 rings (SSSR count). The summed E-state index contributed by atoms with van der Waals surface area (Å²) in [7, 11) is 1.45. The summed E-state index contributed by atoms with van der Waals surface area (Å²) in [6.45, 7) is 2.47. The van der Waals surface area contributed by atoms with Crippen molar-refractivity contribution < 1.29 is 28.6 Å². The lowest BCUT2D eigenvalue weighted by molar-refractivity contribution is -0.120. The third-order valence-electron chi connectivity index (χ3n) is 6.09. The van der Waals surface area contributed by atoms with Crippen LogP contribution in [0.3, 0.4) is 0 Å². The van der Waals surface area contributed by atoms with E-state index in [9.17, 15) is 14.4 Å². The minimum Gasteiger partial charge on any atom is -0.494 e. The van der Waals surface area contributed by atoms with Crippen molar-refractivity contribution in [3.05, 3.63) is 102 Å². The number of benzene rings is 4. The van der Waals surface area contributed by atoms with Crippen LogP contribution in [-0.4, -0.2) is 44.3 Å². The lowest BCUT2D eigenvalue weighted by Crippen LogP contribution is -2.35. The number of hydrogen-bond acceptors (Lipinski definition) is 7. The standard InChI is InChI=1S/C32H31N3O6/c1-3-4-18-40-25-15-13-24(14-16-25)32(38)41-28-17-12-22(19-29(28)39-2)20-34-35-30(36)21-33-31(37)27-11-7-9-23-8-5-6-10-26(23)27/h5-17,19-20H,3-4,18,21H2,1-2H3,(H,33,37)(H,35,36)/b34-20+. The van der Waals surface area contributed by atoms with Gasteiger partial charge in [0, 0.05) is 5.56 Å². The molecule has 0 atom stereocenters. The summed E-state index contributed by atoms with van der Waals surface area (Å²) >= 11 is 0. The smallest absolute Gasteiger partial charge is 0.343 e. The van der Waals surface area contributed by atoms with Crippen molar-refractivity contribution in [2.75, 3.05) is 20.3 Å². The van der Waals surface area contributed by atoms with Gasteiger partial charge < -0.3 is 19.5 Å². The van der Waals surface area contributed by atoms with Crippen LogP contribution in [0.15, 0.2) is 90.0 Å². The summed E-state index contributed by atoms with van der Waals surface area (Å²) in [5, 5.41) is 8.29. The number of nitrogens with one attached hydrogen (secondary N) is 2. The number of carbonyl (C=O) groups excluding carboxylic acids is 3. The van der Waals surface area contributed by atoms with Gasteiger partial charge in [0.15, 0.2) is 11.5 Å². The average molecular weight is 554 g/mol. The first-order valence-electron chi connectivity index (χ1n) is 13.2. The molecule has 0 bridgehead atoms. The summed E-state index contributed by atoms with van der Waals surface area (Å²) in [5.41, 5.74) is 3.83. The van der Waals surface area contributed by atoms with Crippen molar-refractivity contribution in [2.24, 2.45) is 5.10 Å². The SMILES string of the molecule is CCCCOc1ccc(C(=O)Oc2ccc(/C=N/NC(=O)CNC(=O)c3cccc4ccccc34)cc2OC)cc1. The predicted molar refractivity (Wildman–Crippen MR) is 157 cm³/mol. The van der Waals surface area contributed by atoms with E-state index in [2.05, 4.69) is 22.8 Å². The maximum atomic E-state index is 12.6. The highest BCUT2D eigenvalue weighted by molar-refractivity contribution is 6.07. The lowest BCUT2D eigenvalue weighted by Gasteiger charge is -2.10. The number of hydrogen-bond donors (Lipinski definition) is 2. The molecular weight excluding hydrogens is 522 g/mol. The first kappa shape index (κ1) is 28.8. The molecule has 0 spiro atoms. The number of fused-ring (bicyclic) bond motifs is 1. The van der Waals surface area contributed by atoms with Crippen LogP contribution in [0.4, 0.5) is 0 Å². The lowest BCUT2D eigenvalue weighted by atomic mass is 10.0. The Bertz CT molecular complexity index is 1540. The molecule has 9 heteroatoms. The zero-order valence-electron chi connectivity index (χ0n) is 22.9. The molecule has 0 fully saturated rings. The van der Waals surface area contributed by atoms with Crippen molar-refractivity contribution in [2.45, 2.75) is 19.8 Å². The highest BCUT2D eigenvalue weighted by Gasteiger charge is 2.14. The van der Waals surface area contributed by atoms with Crippen LogP contribution in [0, 0.1) is 0 Å². The van der Waals surface area contributed by atoms with Crippen LogP contribution in [0.2, 0.25) is 0 Å². The first-order chi connectivity index (χ1) is 20.0. The molecule has 0 aliphatic rings. The molecule has 9 nitrogen and oxygen atoms in total. The molecule has 210 valence electrons. The van der Waals surface area contributed by atoms with E-state index in [1.54, 1.807) is 54.6 Å². The predicted octanol–water partition coefficient (Wildman–Crippen LogP) is 5.13. The molecule has 2 N–H and O–H groups in total. The highest BCUT2D eigenvalue weighted by atomic mass is 16.6. The van der Waals surface area contributed by atoms with Gasteiger partial charge in [0.2, 0.25) is 0 Å². The largest absolute Gasteiger partial charge is 0.494 e. The quantitative estimate of drug-likeness (QED) is 0.0827. The van der Waals surface area contributed by atoms with Crippen LogP contribution < -0.4 is 25.0 Å². The van der Waals surface area contributed by atoms with E-state index in [1.165, 1.54) is 13.3 Å².